The molecule has 0 radical (unpaired) electrons. The van der Waals surface area contributed by atoms with Crippen molar-refractivity contribution in [2.45, 2.75) is 33.1 Å². The second-order valence-corrected chi connectivity index (χ2v) is 10.8. The number of rotatable bonds is 5. The summed E-state index contributed by atoms with van der Waals surface area (Å²) >= 11 is 0. The molecule has 0 aromatic heterocycles. The van der Waals surface area contributed by atoms with Crippen LogP contribution in [0.25, 0.3) is 6.08 Å². The number of hydrogen-bond acceptors (Lipinski definition) is 4. The van der Waals surface area contributed by atoms with E-state index in [-0.39, 0.29) is 24.0 Å². The highest BCUT2D eigenvalue weighted by Gasteiger charge is 2.67. The van der Waals surface area contributed by atoms with Crippen molar-refractivity contribution >= 4 is 29.2 Å². The molecule has 1 spiro atoms. The summed E-state index contributed by atoms with van der Waals surface area (Å²) in [7, 11) is 1.64. The van der Waals surface area contributed by atoms with Crippen molar-refractivity contribution in [1.82, 2.24) is 0 Å². The van der Waals surface area contributed by atoms with Crippen LogP contribution >= 0.6 is 0 Å². The van der Waals surface area contributed by atoms with Crippen molar-refractivity contribution < 1.29 is 14.3 Å². The van der Waals surface area contributed by atoms with Crippen LogP contribution in [0.3, 0.4) is 0 Å². The van der Waals surface area contributed by atoms with Crippen LogP contribution in [-0.4, -0.2) is 24.5 Å². The second-order valence-electron chi connectivity index (χ2n) is 10.8. The van der Waals surface area contributed by atoms with Crippen molar-refractivity contribution in [2.24, 2.45) is 21.8 Å². The van der Waals surface area contributed by atoms with E-state index in [1.54, 1.807) is 7.11 Å². The van der Waals surface area contributed by atoms with E-state index in [4.69, 9.17) is 9.84 Å². The average Bonchev–Trinajstić information content (AvgIpc) is 3.38. The van der Waals surface area contributed by atoms with Crippen LogP contribution in [-0.2, 0) is 9.59 Å². The molecule has 0 saturated heterocycles. The molecule has 1 amide bonds. The molecule has 0 bridgehead atoms. The molecule has 2 aliphatic rings. The molecule has 3 atom stereocenters. The fraction of sp³-hybridized carbons (Fsp3) is 0.281. The molecular weight excluding hydrogens is 460 g/mol. The molecule has 1 heterocycles. The molecule has 1 aliphatic heterocycles. The number of hydrazone groups is 1. The first-order valence-electron chi connectivity index (χ1n) is 12.7. The van der Waals surface area contributed by atoms with E-state index in [9.17, 15) is 9.59 Å². The van der Waals surface area contributed by atoms with Gasteiger partial charge in [-0.2, -0.15) is 10.1 Å². The number of carbonyl (C=O) groups is 2. The Labute approximate surface area is 218 Å². The number of para-hydroxylation sites is 1. The summed E-state index contributed by atoms with van der Waals surface area (Å²) in [4.78, 5) is 28.6. The number of ketones is 1. The summed E-state index contributed by atoms with van der Waals surface area (Å²) < 4.78 is 5.40. The zero-order valence-corrected chi connectivity index (χ0v) is 21.7. The SMILES string of the molecule is COc1cccc(/C=C/[C@@H]2[C@@H](c3ccccc3)CC(=O)[C@]23C(=O)N(c2ccccc2)N=C3C(C)(C)C)c1. The van der Waals surface area contributed by atoms with Crippen LogP contribution < -0.4 is 9.75 Å². The van der Waals surface area contributed by atoms with Crippen molar-refractivity contribution in [3.8, 4) is 5.75 Å². The van der Waals surface area contributed by atoms with E-state index >= 15 is 0 Å². The lowest BCUT2D eigenvalue weighted by atomic mass is 9.63. The maximum atomic E-state index is 14.4. The number of methoxy groups -OCH3 is 1. The minimum Gasteiger partial charge on any atom is -0.497 e. The minimum atomic E-state index is -1.37. The Morgan fingerprint density at radius 2 is 1.62 bits per heavy atom. The van der Waals surface area contributed by atoms with Gasteiger partial charge in [-0.25, -0.2) is 0 Å². The zero-order valence-electron chi connectivity index (χ0n) is 21.7. The largest absolute Gasteiger partial charge is 0.497 e. The molecule has 37 heavy (non-hydrogen) atoms. The van der Waals surface area contributed by atoms with Gasteiger partial charge < -0.3 is 4.74 Å². The van der Waals surface area contributed by atoms with Gasteiger partial charge in [0.1, 0.15) is 5.75 Å². The molecule has 5 nitrogen and oxygen atoms in total. The number of nitrogens with zero attached hydrogens (tertiary/aromatic N) is 2. The first-order valence-corrected chi connectivity index (χ1v) is 12.7. The van der Waals surface area contributed by atoms with Crippen LogP contribution in [0.4, 0.5) is 5.69 Å². The van der Waals surface area contributed by atoms with Gasteiger partial charge in [0.05, 0.1) is 18.5 Å². The van der Waals surface area contributed by atoms with Gasteiger partial charge in [-0.1, -0.05) is 93.6 Å². The Morgan fingerprint density at radius 3 is 2.27 bits per heavy atom. The Hall–Kier alpha value is -3.99. The van der Waals surface area contributed by atoms with Gasteiger partial charge >= 0.3 is 0 Å². The monoisotopic (exact) mass is 492 g/mol. The van der Waals surface area contributed by atoms with Crippen LogP contribution in [0, 0.1) is 16.7 Å². The zero-order chi connectivity index (χ0) is 26.2. The highest BCUT2D eigenvalue weighted by molar-refractivity contribution is 6.34. The predicted octanol–water partition coefficient (Wildman–Crippen LogP) is 6.52. The number of ether oxygens (including phenoxy) is 1. The molecule has 1 aliphatic carbocycles. The topological polar surface area (TPSA) is 59.0 Å². The average molecular weight is 493 g/mol. The van der Waals surface area contributed by atoms with Gasteiger partial charge in [0, 0.05) is 17.8 Å². The quantitative estimate of drug-likeness (QED) is 0.381. The van der Waals surface area contributed by atoms with E-state index in [0.29, 0.717) is 11.4 Å². The minimum absolute atomic E-state index is 0.0706. The maximum Gasteiger partial charge on any atom is 0.267 e. The van der Waals surface area contributed by atoms with Crippen LogP contribution in [0.2, 0.25) is 0 Å². The predicted molar refractivity (Wildman–Crippen MR) is 148 cm³/mol. The van der Waals surface area contributed by atoms with E-state index < -0.39 is 16.7 Å². The van der Waals surface area contributed by atoms with Gasteiger partial charge in [-0.3, -0.25) is 9.59 Å². The first-order chi connectivity index (χ1) is 17.8. The molecule has 1 fully saturated rings. The summed E-state index contributed by atoms with van der Waals surface area (Å²) in [5.74, 6) is -0.134. The fourth-order valence-corrected chi connectivity index (χ4v) is 5.77. The van der Waals surface area contributed by atoms with Gasteiger partial charge in [0.2, 0.25) is 0 Å². The van der Waals surface area contributed by atoms with Crippen molar-refractivity contribution in [1.29, 1.82) is 0 Å². The molecule has 5 heteroatoms. The summed E-state index contributed by atoms with van der Waals surface area (Å²) in [5, 5.41) is 6.33. The van der Waals surface area contributed by atoms with E-state index in [0.717, 1.165) is 16.9 Å². The molecule has 188 valence electrons. The number of anilines is 1. The van der Waals surface area contributed by atoms with Crippen molar-refractivity contribution in [3.05, 3.63) is 102 Å². The molecule has 3 aromatic carbocycles. The van der Waals surface area contributed by atoms with Gasteiger partial charge in [-0.05, 0) is 41.3 Å². The molecular formula is C32H32N2O3. The number of carbonyl (C=O) groups excluding carboxylic acids is 2. The number of Topliss-reactive ketones (excluding diaryl/α,β-unsaturated/α-hetero) is 1. The van der Waals surface area contributed by atoms with Gasteiger partial charge in [0.15, 0.2) is 11.2 Å². The number of amides is 1. The molecule has 5 rings (SSSR count). The second kappa shape index (κ2) is 9.47. The Bertz CT molecular complexity index is 1370. The van der Waals surface area contributed by atoms with Crippen molar-refractivity contribution in [3.63, 3.8) is 0 Å². The third-order valence-corrected chi connectivity index (χ3v) is 7.41. The first kappa shape index (κ1) is 24.7. The van der Waals surface area contributed by atoms with E-state index in [1.807, 2.05) is 118 Å². The smallest absolute Gasteiger partial charge is 0.267 e. The molecule has 3 aromatic rings. The lowest BCUT2D eigenvalue weighted by Gasteiger charge is -2.35. The third kappa shape index (κ3) is 4.18. The van der Waals surface area contributed by atoms with Crippen LogP contribution in [0.1, 0.15) is 44.2 Å². The summed E-state index contributed by atoms with van der Waals surface area (Å²) in [6, 6.07) is 27.2. The van der Waals surface area contributed by atoms with Gasteiger partial charge in [-0.15, -0.1) is 0 Å². The molecule has 1 saturated carbocycles. The fourth-order valence-electron chi connectivity index (χ4n) is 5.77. The number of benzene rings is 3. The Balaban J connectivity index is 1.69. The third-order valence-electron chi connectivity index (χ3n) is 7.41. The Kier molecular flexibility index (Phi) is 6.32. The summed E-state index contributed by atoms with van der Waals surface area (Å²) in [6.07, 6.45) is 4.33. The lowest BCUT2D eigenvalue weighted by molar-refractivity contribution is -0.134. The standard InChI is InChI=1S/C32H32N2O3/c1-31(2,3)29-32(30(36)34(33-29)24-15-9-6-10-16-24)27(19-18-22-12-11-17-25(20-22)37-4)26(21-28(32)35)23-13-7-5-8-14-23/h5-20,26-27H,21H2,1-4H3/b19-18+/t26-,27-,32-/m1/s1. The maximum absolute atomic E-state index is 14.4. The summed E-state index contributed by atoms with van der Waals surface area (Å²) in [6.45, 7) is 6.09. The lowest BCUT2D eigenvalue weighted by Crippen LogP contribution is -2.51. The van der Waals surface area contributed by atoms with E-state index in [2.05, 4.69) is 0 Å². The highest BCUT2D eigenvalue weighted by Crippen LogP contribution is 2.57. The van der Waals surface area contributed by atoms with Crippen LogP contribution in [0.15, 0.2) is 96.1 Å². The van der Waals surface area contributed by atoms with Crippen molar-refractivity contribution in [2.75, 3.05) is 12.1 Å². The van der Waals surface area contributed by atoms with Crippen LogP contribution in [0.5, 0.6) is 5.75 Å². The van der Waals surface area contributed by atoms with E-state index in [1.165, 1.54) is 5.01 Å². The molecule has 0 unspecified atom stereocenters. The normalized spacial score (nSPS) is 23.8. The number of hydrogen-bond donors (Lipinski definition) is 0. The number of allylic oxidation sites excluding steroid dienone is 1. The molecule has 0 N–H and O–H groups in total. The Morgan fingerprint density at radius 1 is 0.946 bits per heavy atom. The van der Waals surface area contributed by atoms with Gasteiger partial charge in [0.25, 0.3) is 5.91 Å². The summed E-state index contributed by atoms with van der Waals surface area (Å²) in [5.41, 5.74) is 1.41. The highest BCUT2D eigenvalue weighted by atomic mass is 16.5.